The van der Waals surface area contributed by atoms with E-state index in [1.54, 1.807) is 11.3 Å². The minimum atomic E-state index is -0.533. The molecule has 1 aromatic carbocycles. The molecule has 4 aliphatic rings. The second-order valence-electron chi connectivity index (χ2n) is 14.8. The molecular formula is C37H50N4O3S. The number of carbonyl (C=O) groups is 2. The molecular weight excluding hydrogens is 580 g/mol. The van der Waals surface area contributed by atoms with Crippen molar-refractivity contribution in [3.63, 3.8) is 0 Å². The normalized spacial score (nSPS) is 24.3. The van der Waals surface area contributed by atoms with Crippen molar-refractivity contribution in [3.8, 4) is 11.3 Å². The first-order chi connectivity index (χ1) is 21.7. The number of H-pyrrole nitrogens is 1. The largest absolute Gasteiger partial charge is 0.368 e. The maximum Gasteiger partial charge on any atom is 0.249 e. The number of ether oxygens (including phenoxy) is 1. The molecule has 1 unspecified atom stereocenters. The van der Waals surface area contributed by atoms with Crippen LogP contribution in [0, 0.1) is 19.8 Å². The summed E-state index contributed by atoms with van der Waals surface area (Å²) in [6.45, 7) is 13.2. The topological polar surface area (TPSA) is 77.7 Å². The molecule has 4 aliphatic heterocycles. The Balaban J connectivity index is 1.07. The summed E-state index contributed by atoms with van der Waals surface area (Å²) < 4.78 is 5.55. The van der Waals surface area contributed by atoms with E-state index in [-0.39, 0.29) is 12.0 Å². The lowest BCUT2D eigenvalue weighted by atomic mass is 9.88. The number of aromatic amines is 1. The molecule has 2 N–H and O–H groups in total. The third kappa shape index (κ3) is 6.10. The van der Waals surface area contributed by atoms with Crippen LogP contribution in [-0.2, 0) is 26.2 Å². The highest BCUT2D eigenvalue weighted by atomic mass is 32.1. The van der Waals surface area contributed by atoms with Crippen LogP contribution in [0.2, 0.25) is 0 Å². The van der Waals surface area contributed by atoms with Gasteiger partial charge in [0.25, 0.3) is 0 Å². The number of rotatable bonds is 9. The molecule has 8 heteroatoms. The number of piperidine rings is 1. The van der Waals surface area contributed by atoms with Crippen molar-refractivity contribution in [2.45, 2.75) is 109 Å². The Labute approximate surface area is 272 Å². The number of hydrogen-bond acceptors (Lipinski definition) is 5. The summed E-state index contributed by atoms with van der Waals surface area (Å²) in [5.74, 6) is 0.905. The third-order valence-electron chi connectivity index (χ3n) is 11.1. The Kier molecular flexibility index (Phi) is 8.59. The number of benzene rings is 1. The molecule has 7 nitrogen and oxygen atoms in total. The Hall–Kier alpha value is -2.68. The number of likely N-dealkylation sites (tertiary alicyclic amines) is 1. The van der Waals surface area contributed by atoms with Gasteiger partial charge in [0, 0.05) is 42.0 Å². The SMILES string of the molecule is Cc1cc(C)cc(-c2[nH]c3sc(C(C)(C)C(=O)N4C5CCC4CC5)cc3c2CCN2CCC(CNC(=O)C3CCCO3)CC2)c1. The van der Waals surface area contributed by atoms with Gasteiger partial charge in [-0.2, -0.15) is 0 Å². The van der Waals surface area contributed by atoms with Crippen LogP contribution in [0.4, 0.5) is 0 Å². The summed E-state index contributed by atoms with van der Waals surface area (Å²) in [6, 6.07) is 10.0. The summed E-state index contributed by atoms with van der Waals surface area (Å²) in [4.78, 5) is 37.4. The lowest BCUT2D eigenvalue weighted by Gasteiger charge is -2.32. The first-order valence-corrected chi connectivity index (χ1v) is 18.2. The number of amides is 2. The van der Waals surface area contributed by atoms with E-state index < -0.39 is 5.41 Å². The molecule has 4 fully saturated rings. The number of nitrogens with one attached hydrogen (secondary N) is 2. The van der Waals surface area contributed by atoms with E-state index in [2.05, 4.69) is 72.1 Å². The van der Waals surface area contributed by atoms with Crippen LogP contribution in [0.15, 0.2) is 24.3 Å². The van der Waals surface area contributed by atoms with Gasteiger partial charge >= 0.3 is 0 Å². The van der Waals surface area contributed by atoms with Crippen LogP contribution < -0.4 is 5.32 Å². The smallest absolute Gasteiger partial charge is 0.249 e. The molecule has 7 rings (SSSR count). The predicted molar refractivity (Wildman–Crippen MR) is 182 cm³/mol. The monoisotopic (exact) mass is 630 g/mol. The maximum atomic E-state index is 14.0. The Morgan fingerprint density at radius 1 is 0.978 bits per heavy atom. The lowest BCUT2D eigenvalue weighted by Crippen LogP contribution is -2.45. The van der Waals surface area contributed by atoms with E-state index in [1.807, 2.05) is 0 Å². The van der Waals surface area contributed by atoms with E-state index in [1.165, 1.54) is 68.7 Å². The predicted octanol–water partition coefficient (Wildman–Crippen LogP) is 6.49. The summed E-state index contributed by atoms with van der Waals surface area (Å²) in [7, 11) is 0. The van der Waals surface area contributed by atoms with Gasteiger partial charge in [0.15, 0.2) is 0 Å². The first kappa shape index (κ1) is 30.9. The highest BCUT2D eigenvalue weighted by Crippen LogP contribution is 2.44. The quantitative estimate of drug-likeness (QED) is 0.283. The van der Waals surface area contributed by atoms with Crippen molar-refractivity contribution >= 4 is 33.4 Å². The molecule has 0 radical (unpaired) electrons. The van der Waals surface area contributed by atoms with Gasteiger partial charge in [-0.05, 0) is 134 Å². The lowest BCUT2D eigenvalue weighted by molar-refractivity contribution is -0.137. The molecule has 0 saturated carbocycles. The van der Waals surface area contributed by atoms with E-state index in [4.69, 9.17) is 4.74 Å². The van der Waals surface area contributed by atoms with Gasteiger partial charge in [-0.3, -0.25) is 9.59 Å². The van der Waals surface area contributed by atoms with Crippen molar-refractivity contribution < 1.29 is 14.3 Å². The number of fused-ring (bicyclic) bond motifs is 3. The average molecular weight is 631 g/mol. The van der Waals surface area contributed by atoms with E-state index >= 15 is 0 Å². The van der Waals surface area contributed by atoms with Gasteiger partial charge in [-0.25, -0.2) is 0 Å². The average Bonchev–Trinajstić information content (AvgIpc) is 3.86. The highest BCUT2D eigenvalue weighted by Gasteiger charge is 2.47. The number of nitrogens with zero attached hydrogens (tertiary/aromatic N) is 2. The van der Waals surface area contributed by atoms with Crippen LogP contribution in [0.25, 0.3) is 21.5 Å². The molecule has 3 aromatic rings. The van der Waals surface area contributed by atoms with Gasteiger partial charge in [0.1, 0.15) is 10.9 Å². The van der Waals surface area contributed by atoms with E-state index in [9.17, 15) is 9.59 Å². The molecule has 0 aliphatic carbocycles. The minimum absolute atomic E-state index is 0.0677. The van der Waals surface area contributed by atoms with Crippen molar-refractivity contribution in [2.24, 2.45) is 5.92 Å². The molecule has 45 heavy (non-hydrogen) atoms. The van der Waals surface area contributed by atoms with Crippen LogP contribution in [-0.4, -0.2) is 77.6 Å². The molecule has 2 bridgehead atoms. The van der Waals surface area contributed by atoms with Crippen molar-refractivity contribution in [2.75, 3.05) is 32.8 Å². The third-order valence-corrected chi connectivity index (χ3v) is 12.5. The van der Waals surface area contributed by atoms with Crippen molar-refractivity contribution in [1.82, 2.24) is 20.1 Å². The van der Waals surface area contributed by atoms with Gasteiger partial charge in [-0.15, -0.1) is 11.3 Å². The molecule has 6 heterocycles. The zero-order valence-electron chi connectivity index (χ0n) is 27.5. The summed E-state index contributed by atoms with van der Waals surface area (Å²) >= 11 is 1.77. The molecule has 242 valence electrons. The number of aryl methyl sites for hydroxylation is 2. The number of hydrogen-bond donors (Lipinski definition) is 2. The zero-order chi connectivity index (χ0) is 31.3. The second-order valence-corrected chi connectivity index (χ2v) is 15.8. The number of thiophene rings is 1. The minimum Gasteiger partial charge on any atom is -0.368 e. The molecule has 0 spiro atoms. The summed E-state index contributed by atoms with van der Waals surface area (Å²) in [5, 5.41) is 4.43. The van der Waals surface area contributed by atoms with Gasteiger partial charge in [0.2, 0.25) is 11.8 Å². The van der Waals surface area contributed by atoms with Gasteiger partial charge in [-0.1, -0.05) is 17.2 Å². The van der Waals surface area contributed by atoms with Crippen LogP contribution in [0.3, 0.4) is 0 Å². The van der Waals surface area contributed by atoms with Gasteiger partial charge in [0.05, 0.1) is 11.1 Å². The molecule has 2 aromatic heterocycles. The van der Waals surface area contributed by atoms with Crippen LogP contribution in [0.1, 0.15) is 86.8 Å². The highest BCUT2D eigenvalue weighted by molar-refractivity contribution is 7.19. The second kappa shape index (κ2) is 12.5. The summed E-state index contributed by atoms with van der Waals surface area (Å²) in [5.41, 5.74) is 5.85. The van der Waals surface area contributed by atoms with Crippen molar-refractivity contribution in [3.05, 3.63) is 45.8 Å². The summed E-state index contributed by atoms with van der Waals surface area (Å²) in [6.07, 6.45) is 9.44. The zero-order valence-corrected chi connectivity index (χ0v) is 28.4. The maximum absolute atomic E-state index is 14.0. The first-order valence-electron chi connectivity index (χ1n) is 17.4. The standard InChI is InChI=1S/C37H50N4O3S/c1-23-18-24(2)20-26(19-23)33-29(13-16-40-14-11-25(12-15-40)22-38-34(42)31-6-5-17-44-31)30-21-32(45-35(30)39-33)37(3,4)36(43)41-27-7-8-28(41)10-9-27/h18-21,25,27-28,31,39H,5-17,22H2,1-4H3,(H,38,42). The Morgan fingerprint density at radius 2 is 1.67 bits per heavy atom. The Morgan fingerprint density at radius 3 is 2.31 bits per heavy atom. The number of carbonyl (C=O) groups excluding carboxylic acids is 2. The fourth-order valence-electron chi connectivity index (χ4n) is 8.46. The van der Waals surface area contributed by atoms with Crippen molar-refractivity contribution in [1.29, 1.82) is 0 Å². The fraction of sp³-hybridized carbons (Fsp3) is 0.622. The van der Waals surface area contributed by atoms with E-state index in [0.29, 0.717) is 30.5 Å². The van der Waals surface area contributed by atoms with Crippen LogP contribution >= 0.6 is 11.3 Å². The molecule has 1 atom stereocenters. The fourth-order valence-corrected chi connectivity index (χ4v) is 9.65. The van der Waals surface area contributed by atoms with Crippen LogP contribution in [0.5, 0.6) is 0 Å². The Bertz CT molecular complexity index is 1520. The number of aromatic nitrogens is 1. The van der Waals surface area contributed by atoms with E-state index in [0.717, 1.165) is 58.3 Å². The molecule has 2 amide bonds. The van der Waals surface area contributed by atoms with Gasteiger partial charge < -0.3 is 24.8 Å². The molecule has 4 saturated heterocycles.